The number of hydrogen-bond acceptors (Lipinski definition) is 8. The maximum atomic E-state index is 13.4. The number of benzene rings is 1. The predicted molar refractivity (Wildman–Crippen MR) is 134 cm³/mol. The van der Waals surface area contributed by atoms with Crippen molar-refractivity contribution in [3.8, 4) is 5.75 Å². The van der Waals surface area contributed by atoms with Gasteiger partial charge in [-0.05, 0) is 67.2 Å². The monoisotopic (exact) mass is 478 g/mol. The van der Waals surface area contributed by atoms with Crippen molar-refractivity contribution in [2.75, 3.05) is 26.4 Å². The summed E-state index contributed by atoms with van der Waals surface area (Å²) in [5.41, 5.74) is 3.66. The first-order valence-electron chi connectivity index (χ1n) is 12.5. The molecule has 5 rings (SSSR count). The maximum Gasteiger partial charge on any atom is 0.235 e. The minimum Gasteiger partial charge on any atom is -0.491 e. The van der Waals surface area contributed by atoms with Crippen LogP contribution in [0.4, 0.5) is 0 Å². The van der Waals surface area contributed by atoms with Crippen molar-refractivity contribution in [3.05, 3.63) is 52.9 Å². The number of carbonyl (C=O) groups is 1. The van der Waals surface area contributed by atoms with Crippen LogP contribution in [0.3, 0.4) is 0 Å². The predicted octanol–water partition coefficient (Wildman–Crippen LogP) is 4.17. The standard InChI is InChI=1S/C27H34N4O4/c1-17-30(15-24(33)19-12-20(27(2,3)4)14-21(13-19)34-11-10-32)28-25-22-6-5-7-23(22)26(29-31(17)25)35-16-18-8-9-18/h12-14,18,32H,1,5-11,15-16H2,2-4H3. The Hall–Kier alpha value is -3.13. The van der Waals surface area contributed by atoms with Crippen molar-refractivity contribution in [2.45, 2.75) is 58.3 Å². The van der Waals surface area contributed by atoms with Gasteiger partial charge in [0, 0.05) is 16.7 Å². The summed E-state index contributed by atoms with van der Waals surface area (Å²) in [6, 6.07) is 5.56. The molecule has 1 aromatic carbocycles. The first-order chi connectivity index (χ1) is 16.7. The summed E-state index contributed by atoms with van der Waals surface area (Å²) >= 11 is 0. The van der Waals surface area contributed by atoms with Gasteiger partial charge in [0.05, 0.1) is 13.2 Å². The zero-order chi connectivity index (χ0) is 24.7. The Morgan fingerprint density at radius 1 is 1.14 bits per heavy atom. The first-order valence-corrected chi connectivity index (χ1v) is 12.5. The van der Waals surface area contributed by atoms with Crippen molar-refractivity contribution in [1.29, 1.82) is 0 Å². The highest BCUT2D eigenvalue weighted by molar-refractivity contribution is 6.12. The Balaban J connectivity index is 1.37. The van der Waals surface area contributed by atoms with Crippen LogP contribution in [0.5, 0.6) is 5.75 Å². The third-order valence-electron chi connectivity index (χ3n) is 6.80. The molecule has 1 fully saturated rings. The van der Waals surface area contributed by atoms with Crippen LogP contribution in [-0.4, -0.2) is 59.0 Å². The van der Waals surface area contributed by atoms with E-state index in [2.05, 4.69) is 27.4 Å². The molecule has 0 bridgehead atoms. The molecule has 2 heterocycles. The number of Topliss-reactive ketones (excluding diaryl/α,β-unsaturated/α-hetero) is 1. The van der Waals surface area contributed by atoms with E-state index in [1.807, 2.05) is 12.1 Å². The maximum absolute atomic E-state index is 13.4. The average molecular weight is 479 g/mol. The van der Waals surface area contributed by atoms with Gasteiger partial charge in [-0.15, -0.1) is 5.10 Å². The van der Waals surface area contributed by atoms with E-state index in [9.17, 15) is 4.79 Å². The average Bonchev–Trinajstić information content (AvgIpc) is 3.43. The molecule has 8 nitrogen and oxygen atoms in total. The number of hydrazone groups is 2. The van der Waals surface area contributed by atoms with Crippen LogP contribution >= 0.6 is 0 Å². The summed E-state index contributed by atoms with van der Waals surface area (Å²) in [5.74, 6) is 3.10. The fourth-order valence-electron chi connectivity index (χ4n) is 4.51. The summed E-state index contributed by atoms with van der Waals surface area (Å²) in [4.78, 5) is 13.4. The molecule has 1 aromatic rings. The molecule has 0 amide bonds. The van der Waals surface area contributed by atoms with E-state index in [1.165, 1.54) is 12.8 Å². The number of fused-ring (bicyclic) bond motifs is 2. The van der Waals surface area contributed by atoms with E-state index in [1.54, 1.807) is 16.1 Å². The lowest BCUT2D eigenvalue weighted by molar-refractivity contribution is 0.0947. The van der Waals surface area contributed by atoms with Gasteiger partial charge in [-0.25, -0.2) is 5.01 Å². The lowest BCUT2D eigenvalue weighted by Crippen LogP contribution is -2.32. The largest absolute Gasteiger partial charge is 0.491 e. The van der Waals surface area contributed by atoms with E-state index in [0.717, 1.165) is 41.8 Å². The van der Waals surface area contributed by atoms with Crippen molar-refractivity contribution in [2.24, 2.45) is 16.1 Å². The number of aliphatic hydroxyl groups excluding tert-OH is 1. The summed E-state index contributed by atoms with van der Waals surface area (Å²) in [5, 5.41) is 22.0. The van der Waals surface area contributed by atoms with Crippen LogP contribution in [0.25, 0.3) is 0 Å². The van der Waals surface area contributed by atoms with Crippen LogP contribution < -0.4 is 4.74 Å². The second kappa shape index (κ2) is 9.15. The smallest absolute Gasteiger partial charge is 0.235 e. The second-order valence-corrected chi connectivity index (χ2v) is 10.7. The molecular weight excluding hydrogens is 444 g/mol. The first kappa shape index (κ1) is 23.6. The van der Waals surface area contributed by atoms with E-state index >= 15 is 0 Å². The number of nitrogens with zero attached hydrogens (tertiary/aromatic N) is 4. The Morgan fingerprint density at radius 2 is 1.91 bits per heavy atom. The zero-order valence-electron chi connectivity index (χ0n) is 20.8. The van der Waals surface area contributed by atoms with Gasteiger partial charge in [-0.1, -0.05) is 27.4 Å². The highest BCUT2D eigenvalue weighted by atomic mass is 16.5. The van der Waals surface area contributed by atoms with Gasteiger partial charge in [0.15, 0.2) is 11.6 Å². The number of carbonyl (C=O) groups excluding carboxylic acids is 1. The van der Waals surface area contributed by atoms with Gasteiger partial charge in [0.1, 0.15) is 24.7 Å². The minimum absolute atomic E-state index is 0.0439. The molecular formula is C27H34N4O4. The Bertz CT molecular complexity index is 1140. The number of ketones is 1. The number of amidine groups is 1. The second-order valence-electron chi connectivity index (χ2n) is 10.7. The summed E-state index contributed by atoms with van der Waals surface area (Å²) in [6.07, 6.45) is 5.35. The molecule has 0 aromatic heterocycles. The third kappa shape index (κ3) is 4.85. The Labute approximate surface area is 206 Å². The summed E-state index contributed by atoms with van der Waals surface area (Å²) < 4.78 is 11.7. The van der Waals surface area contributed by atoms with Crippen LogP contribution in [0.2, 0.25) is 0 Å². The fourth-order valence-corrected chi connectivity index (χ4v) is 4.51. The van der Waals surface area contributed by atoms with Gasteiger partial charge in [0.2, 0.25) is 5.90 Å². The van der Waals surface area contributed by atoms with Crippen molar-refractivity contribution in [3.63, 3.8) is 0 Å². The van der Waals surface area contributed by atoms with Crippen molar-refractivity contribution >= 4 is 17.5 Å². The minimum atomic E-state index is -0.164. The highest BCUT2D eigenvalue weighted by Gasteiger charge is 2.39. The van der Waals surface area contributed by atoms with Crippen LogP contribution in [0.1, 0.15) is 68.8 Å². The quantitative estimate of drug-likeness (QED) is 0.564. The molecule has 186 valence electrons. The molecule has 0 saturated heterocycles. The van der Waals surface area contributed by atoms with E-state index in [4.69, 9.17) is 24.8 Å². The van der Waals surface area contributed by atoms with Gasteiger partial charge >= 0.3 is 0 Å². The molecule has 1 N–H and O–H groups in total. The zero-order valence-corrected chi connectivity index (χ0v) is 20.8. The van der Waals surface area contributed by atoms with Gasteiger partial charge in [-0.3, -0.25) is 4.79 Å². The lowest BCUT2D eigenvalue weighted by Gasteiger charge is -2.24. The molecule has 0 spiro atoms. The van der Waals surface area contributed by atoms with Crippen molar-refractivity contribution < 1.29 is 19.4 Å². The Morgan fingerprint density at radius 3 is 2.63 bits per heavy atom. The SMILES string of the molecule is C=C1N(CC(=O)c2cc(OCCO)cc(C(C)(C)C)c2)N=C2C3=C(CCC3)C(OCC3CC3)=NN12. The van der Waals surface area contributed by atoms with Crippen molar-refractivity contribution in [1.82, 2.24) is 10.0 Å². The molecule has 4 aliphatic rings. The molecule has 35 heavy (non-hydrogen) atoms. The molecule has 0 radical (unpaired) electrons. The third-order valence-corrected chi connectivity index (χ3v) is 6.80. The van der Waals surface area contributed by atoms with Crippen LogP contribution in [-0.2, 0) is 10.2 Å². The summed E-state index contributed by atoms with van der Waals surface area (Å²) in [7, 11) is 0. The van der Waals surface area contributed by atoms with E-state index in [0.29, 0.717) is 35.6 Å². The van der Waals surface area contributed by atoms with Gasteiger partial charge < -0.3 is 14.6 Å². The molecule has 2 aliphatic carbocycles. The molecule has 0 atom stereocenters. The topological polar surface area (TPSA) is 87.0 Å². The highest BCUT2D eigenvalue weighted by Crippen LogP contribution is 2.38. The van der Waals surface area contributed by atoms with E-state index < -0.39 is 0 Å². The van der Waals surface area contributed by atoms with Crippen LogP contribution in [0.15, 0.2) is 51.9 Å². The molecule has 8 heteroatoms. The molecule has 0 unspecified atom stereocenters. The number of ether oxygens (including phenoxy) is 2. The molecule has 2 aliphatic heterocycles. The number of hydrogen-bond donors (Lipinski definition) is 1. The van der Waals surface area contributed by atoms with Crippen LogP contribution in [0, 0.1) is 5.92 Å². The summed E-state index contributed by atoms with van der Waals surface area (Å²) in [6.45, 7) is 11.3. The molecule has 1 saturated carbocycles. The normalized spacial score (nSPS) is 19.5. The Kier molecular flexibility index (Phi) is 6.17. The number of aliphatic hydroxyl groups is 1. The van der Waals surface area contributed by atoms with E-state index in [-0.39, 0.29) is 31.0 Å². The lowest BCUT2D eigenvalue weighted by atomic mass is 9.85. The number of rotatable bonds is 8. The van der Waals surface area contributed by atoms with Gasteiger partial charge in [0.25, 0.3) is 0 Å². The van der Waals surface area contributed by atoms with Gasteiger partial charge in [-0.2, -0.15) is 10.1 Å². The fraction of sp³-hybridized carbons (Fsp3) is 0.519.